The maximum Gasteiger partial charge on any atom is 0.331 e. The molecule has 1 heterocycles. The highest BCUT2D eigenvalue weighted by molar-refractivity contribution is 5.85. The Hall–Kier alpha value is -1.16. The Morgan fingerprint density at radius 1 is 1.11 bits per heavy atom. The highest BCUT2D eigenvalue weighted by atomic mass is 16.5. The second-order valence-corrected chi connectivity index (χ2v) is 10.3. The van der Waals surface area contributed by atoms with Gasteiger partial charge < -0.3 is 9.84 Å². The molecule has 4 aliphatic carbocycles. The summed E-state index contributed by atoms with van der Waals surface area (Å²) < 4.78 is 5.23. The maximum absolute atomic E-state index is 12.1. The van der Waals surface area contributed by atoms with Crippen LogP contribution in [0.5, 0.6) is 0 Å². The van der Waals surface area contributed by atoms with Crippen LogP contribution >= 0.6 is 0 Å². The summed E-state index contributed by atoms with van der Waals surface area (Å²) in [4.78, 5) is 23.7. The molecule has 0 radical (unpaired) electrons. The first-order valence-electron chi connectivity index (χ1n) is 11.0. The maximum atomic E-state index is 12.1. The van der Waals surface area contributed by atoms with Crippen LogP contribution in [0.3, 0.4) is 0 Å². The van der Waals surface area contributed by atoms with Gasteiger partial charge in [0.1, 0.15) is 12.4 Å². The lowest BCUT2D eigenvalue weighted by atomic mass is 9.44. The molecule has 5 aliphatic rings. The second kappa shape index (κ2) is 6.17. The standard InChI is InChI=1S/C23H32O4/c1-22-8-7-20-17(3-2-15-11-16(25)6-9-23(15,20)13-24)19(22)5-4-18(22)14-10-21(26)27-12-14/h10,15,17-20,24H,2-9,11-13H2,1H3/t15-,17+,18-,19+,20+,22-,23-/m1/s1. The van der Waals surface area contributed by atoms with Crippen LogP contribution in [-0.4, -0.2) is 30.1 Å². The van der Waals surface area contributed by atoms with Gasteiger partial charge in [-0.05, 0) is 85.5 Å². The molecule has 4 fully saturated rings. The summed E-state index contributed by atoms with van der Waals surface area (Å²) in [6.07, 6.45) is 11.1. The zero-order valence-corrected chi connectivity index (χ0v) is 16.4. The third-order valence-electron chi connectivity index (χ3n) is 9.61. The summed E-state index contributed by atoms with van der Waals surface area (Å²) in [6.45, 7) is 3.20. The second-order valence-electron chi connectivity index (χ2n) is 10.3. The first kappa shape index (κ1) is 17.9. The monoisotopic (exact) mass is 372 g/mol. The van der Waals surface area contributed by atoms with Gasteiger partial charge in [-0.15, -0.1) is 0 Å². The third kappa shape index (κ3) is 2.44. The number of ketones is 1. The van der Waals surface area contributed by atoms with Crippen molar-refractivity contribution in [3.63, 3.8) is 0 Å². The summed E-state index contributed by atoms with van der Waals surface area (Å²) in [5.74, 6) is 3.03. The number of fused-ring (bicyclic) bond motifs is 5. The van der Waals surface area contributed by atoms with Crippen LogP contribution in [0.25, 0.3) is 0 Å². The lowest BCUT2D eigenvalue weighted by Crippen LogP contribution is -2.56. The number of Topliss-reactive ketones (excluding diaryl/α,β-unsaturated/α-hetero) is 1. The van der Waals surface area contributed by atoms with E-state index in [-0.39, 0.29) is 23.4 Å². The van der Waals surface area contributed by atoms with Crippen molar-refractivity contribution in [2.24, 2.45) is 40.4 Å². The van der Waals surface area contributed by atoms with E-state index in [2.05, 4.69) is 6.92 Å². The summed E-state index contributed by atoms with van der Waals surface area (Å²) >= 11 is 0. The summed E-state index contributed by atoms with van der Waals surface area (Å²) in [5.41, 5.74) is 1.47. The summed E-state index contributed by atoms with van der Waals surface area (Å²) in [6, 6.07) is 0. The lowest BCUT2D eigenvalue weighted by molar-refractivity contribution is -0.152. The van der Waals surface area contributed by atoms with Crippen LogP contribution in [-0.2, 0) is 14.3 Å². The number of carbonyl (C=O) groups excluding carboxylic acids is 2. The van der Waals surface area contributed by atoms with Crippen molar-refractivity contribution in [3.05, 3.63) is 11.6 Å². The average Bonchev–Trinajstić information content (AvgIpc) is 3.23. The molecule has 1 N–H and O–H groups in total. The van der Waals surface area contributed by atoms with Gasteiger partial charge in [-0.3, -0.25) is 4.79 Å². The molecule has 4 saturated carbocycles. The van der Waals surface area contributed by atoms with Crippen molar-refractivity contribution < 1.29 is 19.4 Å². The van der Waals surface area contributed by atoms with E-state index in [0.29, 0.717) is 54.8 Å². The zero-order chi connectivity index (χ0) is 18.8. The molecule has 4 heteroatoms. The predicted molar refractivity (Wildman–Crippen MR) is 101 cm³/mol. The minimum Gasteiger partial charge on any atom is -0.458 e. The Kier molecular flexibility index (Phi) is 4.09. The largest absolute Gasteiger partial charge is 0.458 e. The van der Waals surface area contributed by atoms with Crippen LogP contribution in [0.15, 0.2) is 11.6 Å². The minimum atomic E-state index is -0.169. The SMILES string of the molecule is C[C@]12CC[C@H]3[C@@H](CC[C@@H]4CC(=O)CC[C@@]43CO)[C@@H]1CC[C@@H]2C1=CC(=O)OC1. The third-order valence-corrected chi connectivity index (χ3v) is 9.61. The fourth-order valence-electron chi connectivity index (χ4n) is 8.36. The number of cyclic esters (lactones) is 1. The number of aliphatic hydroxyl groups excluding tert-OH is 1. The highest BCUT2D eigenvalue weighted by Gasteiger charge is 2.61. The Labute approximate surface area is 161 Å². The van der Waals surface area contributed by atoms with Crippen molar-refractivity contribution >= 4 is 11.8 Å². The molecule has 7 atom stereocenters. The molecule has 148 valence electrons. The first-order valence-corrected chi connectivity index (χ1v) is 11.0. The first-order chi connectivity index (χ1) is 13.0. The lowest BCUT2D eigenvalue weighted by Gasteiger charge is -2.60. The van der Waals surface area contributed by atoms with E-state index in [0.717, 1.165) is 12.8 Å². The number of hydrogen-bond donors (Lipinski definition) is 1. The highest BCUT2D eigenvalue weighted by Crippen LogP contribution is 2.68. The van der Waals surface area contributed by atoms with Gasteiger partial charge in [0.05, 0.1) is 0 Å². The number of rotatable bonds is 2. The van der Waals surface area contributed by atoms with Crippen LogP contribution in [0.2, 0.25) is 0 Å². The smallest absolute Gasteiger partial charge is 0.331 e. The van der Waals surface area contributed by atoms with Crippen molar-refractivity contribution in [1.82, 2.24) is 0 Å². The van der Waals surface area contributed by atoms with Crippen LogP contribution in [0.4, 0.5) is 0 Å². The Morgan fingerprint density at radius 3 is 2.70 bits per heavy atom. The van der Waals surface area contributed by atoms with Crippen molar-refractivity contribution in [2.75, 3.05) is 13.2 Å². The minimum absolute atomic E-state index is 0.0120. The number of ether oxygens (including phenoxy) is 1. The molecule has 0 unspecified atom stereocenters. The van der Waals surface area contributed by atoms with Crippen molar-refractivity contribution in [2.45, 2.75) is 64.7 Å². The number of esters is 1. The molecule has 0 saturated heterocycles. The molecule has 4 nitrogen and oxygen atoms in total. The van der Waals surface area contributed by atoms with Gasteiger partial charge in [-0.25, -0.2) is 4.79 Å². The van der Waals surface area contributed by atoms with Gasteiger partial charge >= 0.3 is 5.97 Å². The van der Waals surface area contributed by atoms with Crippen molar-refractivity contribution in [1.29, 1.82) is 0 Å². The Bertz CT molecular complexity index is 696. The number of aliphatic hydroxyl groups is 1. The quantitative estimate of drug-likeness (QED) is 0.751. The topological polar surface area (TPSA) is 63.6 Å². The Morgan fingerprint density at radius 2 is 1.96 bits per heavy atom. The molecule has 0 bridgehead atoms. The van der Waals surface area contributed by atoms with Gasteiger partial charge in [0.15, 0.2) is 0 Å². The zero-order valence-electron chi connectivity index (χ0n) is 16.4. The van der Waals surface area contributed by atoms with Gasteiger partial charge in [-0.2, -0.15) is 0 Å². The molecular formula is C23H32O4. The van der Waals surface area contributed by atoms with E-state index in [9.17, 15) is 14.7 Å². The Balaban J connectivity index is 1.44. The fourth-order valence-corrected chi connectivity index (χ4v) is 8.36. The van der Waals surface area contributed by atoms with Crippen LogP contribution < -0.4 is 0 Å². The van der Waals surface area contributed by atoms with E-state index in [1.54, 1.807) is 6.08 Å². The molecular weight excluding hydrogens is 340 g/mol. The molecule has 0 amide bonds. The van der Waals surface area contributed by atoms with Gasteiger partial charge in [0, 0.05) is 30.9 Å². The average molecular weight is 373 g/mol. The molecule has 27 heavy (non-hydrogen) atoms. The molecule has 0 aromatic carbocycles. The molecule has 0 spiro atoms. The molecule has 0 aromatic rings. The summed E-state index contributed by atoms with van der Waals surface area (Å²) in [7, 11) is 0. The van der Waals surface area contributed by atoms with E-state index >= 15 is 0 Å². The van der Waals surface area contributed by atoms with Gasteiger partial charge in [-0.1, -0.05) is 6.92 Å². The van der Waals surface area contributed by atoms with Crippen LogP contribution in [0, 0.1) is 40.4 Å². The van der Waals surface area contributed by atoms with E-state index < -0.39 is 0 Å². The van der Waals surface area contributed by atoms with Crippen LogP contribution in [0.1, 0.15) is 64.7 Å². The normalized spacial score (nSPS) is 49.1. The molecule has 5 rings (SSSR count). The number of carbonyl (C=O) groups is 2. The predicted octanol–water partition coefficient (Wildman–Crippen LogP) is 3.67. The van der Waals surface area contributed by atoms with Crippen molar-refractivity contribution in [3.8, 4) is 0 Å². The van der Waals surface area contributed by atoms with Gasteiger partial charge in [0.2, 0.25) is 0 Å². The van der Waals surface area contributed by atoms with Gasteiger partial charge in [0.25, 0.3) is 0 Å². The van der Waals surface area contributed by atoms with E-state index in [4.69, 9.17) is 4.74 Å². The van der Waals surface area contributed by atoms with E-state index in [1.807, 2.05) is 0 Å². The fraction of sp³-hybridized carbons (Fsp3) is 0.826. The van der Waals surface area contributed by atoms with E-state index in [1.165, 1.54) is 37.7 Å². The number of hydrogen-bond acceptors (Lipinski definition) is 4. The summed E-state index contributed by atoms with van der Waals surface area (Å²) in [5, 5.41) is 10.5. The molecule has 1 aliphatic heterocycles. The molecule has 0 aromatic heterocycles.